The molecule has 0 bridgehead atoms. The molecule has 0 saturated carbocycles. The van der Waals surface area contributed by atoms with Crippen LogP contribution in [0.25, 0.3) is 0 Å². The van der Waals surface area contributed by atoms with Gasteiger partial charge in [-0.1, -0.05) is 33.5 Å². The maximum absolute atomic E-state index is 11.5. The number of carbonyl (C=O) groups is 2. The summed E-state index contributed by atoms with van der Waals surface area (Å²) < 4.78 is 10.3. The molecule has 0 aromatic carbocycles. The number of esters is 2. The lowest BCUT2D eigenvalue weighted by Crippen LogP contribution is -2.28. The van der Waals surface area contributed by atoms with Gasteiger partial charge in [-0.3, -0.25) is 9.59 Å². The van der Waals surface area contributed by atoms with Crippen LogP contribution < -0.4 is 22.1 Å². The smallest absolute Gasteiger partial charge is 0.325 e. The van der Waals surface area contributed by atoms with Crippen molar-refractivity contribution >= 4 is 58.4 Å². The maximum atomic E-state index is 11.5. The number of nitrogens with zero attached hydrogens (tertiary/aromatic N) is 4. The number of aromatic nitrogens is 2. The monoisotopic (exact) mass is 614 g/mol. The first kappa shape index (κ1) is 35.0. The molecule has 2 rings (SSSR count). The predicted octanol–water partition coefficient (Wildman–Crippen LogP) is 3.56. The molecular formula is C25H36Cl2N8O6. The van der Waals surface area contributed by atoms with Crippen LogP contribution in [-0.4, -0.2) is 68.3 Å². The molecule has 41 heavy (non-hydrogen) atoms. The molecule has 0 spiro atoms. The summed E-state index contributed by atoms with van der Waals surface area (Å²) >= 11 is 12.0. The Balaban J connectivity index is 0.000000410. The summed E-state index contributed by atoms with van der Waals surface area (Å²) in [5, 5.41) is 29.1. The van der Waals surface area contributed by atoms with E-state index in [2.05, 4.69) is 30.9 Å². The second-order valence-electron chi connectivity index (χ2n) is 10.3. The summed E-state index contributed by atoms with van der Waals surface area (Å²) in [5.74, 6) is -0.181. The van der Waals surface area contributed by atoms with Gasteiger partial charge < -0.3 is 42.0 Å². The van der Waals surface area contributed by atoms with Crippen molar-refractivity contribution in [3.05, 3.63) is 45.7 Å². The third-order valence-corrected chi connectivity index (χ3v) is 4.93. The number of anilines is 2. The van der Waals surface area contributed by atoms with Gasteiger partial charge in [-0.15, -0.1) is 0 Å². The normalized spacial score (nSPS) is 12.1. The van der Waals surface area contributed by atoms with Gasteiger partial charge in [0.1, 0.15) is 29.4 Å². The SMILES string of the molecule is CC(C)(C)OC(=O)CCNc1ncc(C(N)=NO)cc1Cl.CC(C)(C)OC(=O)CNc1ncc(C(N)=NO)cc1Cl. The highest BCUT2D eigenvalue weighted by Gasteiger charge is 2.17. The third-order valence-electron chi connectivity index (χ3n) is 4.35. The Morgan fingerprint density at radius 1 is 0.829 bits per heavy atom. The molecule has 0 saturated heterocycles. The van der Waals surface area contributed by atoms with Gasteiger partial charge >= 0.3 is 11.9 Å². The van der Waals surface area contributed by atoms with Crippen LogP contribution in [0.5, 0.6) is 0 Å². The molecule has 8 N–H and O–H groups in total. The minimum Gasteiger partial charge on any atom is -0.460 e. The van der Waals surface area contributed by atoms with Crippen molar-refractivity contribution < 1.29 is 29.5 Å². The van der Waals surface area contributed by atoms with Crippen molar-refractivity contribution in [2.24, 2.45) is 21.8 Å². The number of pyridine rings is 2. The van der Waals surface area contributed by atoms with E-state index in [-0.39, 0.29) is 35.6 Å². The number of ether oxygens (including phenoxy) is 2. The highest BCUT2D eigenvalue weighted by atomic mass is 35.5. The molecule has 2 heterocycles. The number of hydrogen-bond acceptors (Lipinski definition) is 12. The van der Waals surface area contributed by atoms with Crippen LogP contribution in [0.4, 0.5) is 11.6 Å². The Labute approximate surface area is 248 Å². The Morgan fingerprint density at radius 3 is 1.63 bits per heavy atom. The zero-order valence-electron chi connectivity index (χ0n) is 23.7. The summed E-state index contributed by atoms with van der Waals surface area (Å²) in [6, 6.07) is 2.99. The molecule has 0 amide bonds. The summed E-state index contributed by atoms with van der Waals surface area (Å²) in [6.45, 7) is 11.0. The molecule has 14 nitrogen and oxygen atoms in total. The van der Waals surface area contributed by atoms with Gasteiger partial charge in [-0.25, -0.2) is 9.97 Å². The minimum absolute atomic E-state index is 0.0626. The number of nitrogens with two attached hydrogens (primary N) is 2. The van der Waals surface area contributed by atoms with Crippen LogP contribution in [-0.2, 0) is 19.1 Å². The van der Waals surface area contributed by atoms with Crippen LogP contribution in [0, 0.1) is 0 Å². The average Bonchev–Trinajstić information content (AvgIpc) is 2.86. The Hall–Kier alpha value is -4.04. The molecule has 0 radical (unpaired) electrons. The number of halogens is 2. The van der Waals surface area contributed by atoms with Crippen molar-refractivity contribution in [3.8, 4) is 0 Å². The van der Waals surface area contributed by atoms with E-state index in [9.17, 15) is 9.59 Å². The second-order valence-corrected chi connectivity index (χ2v) is 11.1. The molecule has 0 unspecified atom stereocenters. The number of carbonyl (C=O) groups excluding carboxylic acids is 2. The van der Waals surface area contributed by atoms with Gasteiger partial charge in [-0.05, 0) is 53.7 Å². The van der Waals surface area contributed by atoms with Gasteiger partial charge in [0.2, 0.25) is 0 Å². The number of rotatable bonds is 9. The molecule has 0 atom stereocenters. The number of oxime groups is 2. The molecule has 2 aromatic heterocycles. The fraction of sp³-hybridized carbons (Fsp3) is 0.440. The van der Waals surface area contributed by atoms with E-state index in [0.717, 1.165) is 0 Å². The van der Waals surface area contributed by atoms with Crippen LogP contribution in [0.15, 0.2) is 34.8 Å². The molecule has 16 heteroatoms. The highest BCUT2D eigenvalue weighted by molar-refractivity contribution is 6.33. The van der Waals surface area contributed by atoms with E-state index in [4.69, 9.17) is 54.6 Å². The standard InChI is InChI=1S/C13H19ClN4O3.C12H17ClN4O3/c1-13(2,3)21-10(19)4-5-16-12-9(14)6-8(7-17-12)11(15)18-20;1-12(2,3)20-9(18)6-16-11-8(13)4-7(5-15-11)10(14)17-19/h6-7,20H,4-5H2,1-3H3,(H2,15,18)(H,16,17);4-5,19H,6H2,1-3H3,(H2,14,17)(H,15,16). The van der Waals surface area contributed by atoms with Gasteiger partial charge in [-0.2, -0.15) is 0 Å². The van der Waals surface area contributed by atoms with Crippen LogP contribution in [0.2, 0.25) is 10.0 Å². The fourth-order valence-corrected chi connectivity index (χ4v) is 3.21. The first-order valence-electron chi connectivity index (χ1n) is 12.1. The molecule has 0 aliphatic carbocycles. The Morgan fingerprint density at radius 2 is 1.24 bits per heavy atom. The van der Waals surface area contributed by atoms with Gasteiger partial charge in [0.25, 0.3) is 0 Å². The van der Waals surface area contributed by atoms with Crippen molar-refractivity contribution in [1.29, 1.82) is 0 Å². The van der Waals surface area contributed by atoms with Crippen LogP contribution in [0.3, 0.4) is 0 Å². The first-order valence-corrected chi connectivity index (χ1v) is 12.9. The van der Waals surface area contributed by atoms with E-state index in [1.165, 1.54) is 24.5 Å². The lowest BCUT2D eigenvalue weighted by Gasteiger charge is -2.19. The Bertz CT molecular complexity index is 1260. The first-order chi connectivity index (χ1) is 19.0. The number of nitrogens with one attached hydrogen (secondary N) is 2. The maximum Gasteiger partial charge on any atom is 0.325 e. The molecular weight excluding hydrogens is 579 g/mol. The van der Waals surface area contributed by atoms with Crippen LogP contribution >= 0.6 is 23.2 Å². The zero-order chi connectivity index (χ0) is 31.4. The summed E-state index contributed by atoms with van der Waals surface area (Å²) in [4.78, 5) is 31.1. The Kier molecular flexibility index (Phi) is 13.4. The molecule has 0 aliphatic rings. The van der Waals surface area contributed by atoms with E-state index >= 15 is 0 Å². The van der Waals surface area contributed by atoms with E-state index in [1.54, 1.807) is 20.8 Å². The number of amidine groups is 2. The third kappa shape index (κ3) is 13.7. The largest absolute Gasteiger partial charge is 0.460 e. The summed E-state index contributed by atoms with van der Waals surface area (Å²) in [6.07, 6.45) is 2.98. The quantitative estimate of drug-likeness (QED) is 0.0784. The zero-order valence-corrected chi connectivity index (χ0v) is 25.2. The van der Waals surface area contributed by atoms with E-state index in [0.29, 0.717) is 34.3 Å². The highest BCUT2D eigenvalue weighted by Crippen LogP contribution is 2.21. The topological polar surface area (TPSA) is 220 Å². The number of hydrogen-bond donors (Lipinski definition) is 6. The van der Waals surface area contributed by atoms with Crippen LogP contribution in [0.1, 0.15) is 59.1 Å². The fourth-order valence-electron chi connectivity index (χ4n) is 2.74. The van der Waals surface area contributed by atoms with Crippen molar-refractivity contribution in [2.45, 2.75) is 59.2 Å². The summed E-state index contributed by atoms with van der Waals surface area (Å²) in [7, 11) is 0. The molecule has 0 fully saturated rings. The summed E-state index contributed by atoms with van der Waals surface area (Å²) in [5.41, 5.74) is 10.6. The predicted molar refractivity (Wildman–Crippen MR) is 157 cm³/mol. The minimum atomic E-state index is -0.550. The average molecular weight is 616 g/mol. The van der Waals surface area contributed by atoms with Gasteiger partial charge in [0.05, 0.1) is 16.5 Å². The molecule has 226 valence electrons. The van der Waals surface area contributed by atoms with E-state index < -0.39 is 17.2 Å². The second kappa shape index (κ2) is 15.7. The van der Waals surface area contributed by atoms with Crippen molar-refractivity contribution in [2.75, 3.05) is 23.7 Å². The van der Waals surface area contributed by atoms with Gasteiger partial charge in [0.15, 0.2) is 11.7 Å². The molecule has 0 aliphatic heterocycles. The van der Waals surface area contributed by atoms with E-state index in [1.807, 2.05) is 20.8 Å². The van der Waals surface area contributed by atoms with Crippen molar-refractivity contribution in [1.82, 2.24) is 9.97 Å². The lowest BCUT2D eigenvalue weighted by molar-refractivity contribution is -0.154. The van der Waals surface area contributed by atoms with Crippen molar-refractivity contribution in [3.63, 3.8) is 0 Å². The molecule has 2 aromatic rings. The van der Waals surface area contributed by atoms with Gasteiger partial charge in [0, 0.05) is 30.1 Å². The lowest BCUT2D eigenvalue weighted by atomic mass is 10.2.